The molecule has 0 heterocycles. The number of rotatable bonds is 2. The SMILES string of the molecule is CCNC(=S)NOC. The highest BCUT2D eigenvalue weighted by Gasteiger charge is 1.85. The van der Waals surface area contributed by atoms with Crippen LogP contribution >= 0.6 is 12.2 Å². The molecule has 0 fully saturated rings. The molecule has 0 aliphatic heterocycles. The Labute approximate surface area is 54.4 Å². The van der Waals surface area contributed by atoms with E-state index in [9.17, 15) is 0 Å². The van der Waals surface area contributed by atoms with Gasteiger partial charge in [-0.2, -0.15) is 0 Å². The van der Waals surface area contributed by atoms with Crippen LogP contribution in [-0.4, -0.2) is 18.8 Å². The highest BCUT2D eigenvalue weighted by Crippen LogP contribution is 1.62. The van der Waals surface area contributed by atoms with Gasteiger partial charge in [0.15, 0.2) is 5.11 Å². The summed E-state index contributed by atoms with van der Waals surface area (Å²) in [5.74, 6) is 0. The van der Waals surface area contributed by atoms with Crippen LogP contribution in [0.4, 0.5) is 0 Å². The van der Waals surface area contributed by atoms with Gasteiger partial charge in [-0.1, -0.05) is 0 Å². The molecule has 0 amide bonds. The molecule has 0 aromatic carbocycles. The Balaban J connectivity index is 3.06. The Morgan fingerprint density at radius 3 is 2.75 bits per heavy atom. The van der Waals surface area contributed by atoms with Gasteiger partial charge in [-0.15, -0.1) is 0 Å². The second kappa shape index (κ2) is 4.80. The Kier molecular flexibility index (Phi) is 4.59. The summed E-state index contributed by atoms with van der Waals surface area (Å²) in [4.78, 5) is 4.50. The van der Waals surface area contributed by atoms with Crippen LogP contribution in [0.2, 0.25) is 0 Å². The molecule has 0 aliphatic rings. The molecule has 0 atom stereocenters. The molecule has 0 radical (unpaired) electrons. The van der Waals surface area contributed by atoms with Crippen molar-refractivity contribution in [3.05, 3.63) is 0 Å². The molecule has 4 heteroatoms. The average molecular weight is 134 g/mol. The van der Waals surface area contributed by atoms with Crippen LogP contribution in [0.3, 0.4) is 0 Å². The van der Waals surface area contributed by atoms with E-state index in [-0.39, 0.29) is 0 Å². The zero-order valence-corrected chi connectivity index (χ0v) is 5.84. The normalized spacial score (nSPS) is 8.25. The van der Waals surface area contributed by atoms with E-state index in [1.807, 2.05) is 6.92 Å². The van der Waals surface area contributed by atoms with E-state index in [1.54, 1.807) is 0 Å². The van der Waals surface area contributed by atoms with Crippen molar-refractivity contribution in [2.24, 2.45) is 0 Å². The lowest BCUT2D eigenvalue weighted by molar-refractivity contribution is 0.143. The third-order valence-corrected chi connectivity index (χ3v) is 0.760. The number of nitrogens with one attached hydrogen (secondary N) is 2. The van der Waals surface area contributed by atoms with E-state index in [2.05, 4.69) is 15.6 Å². The summed E-state index contributed by atoms with van der Waals surface area (Å²) >= 11 is 4.71. The Hall–Kier alpha value is -0.350. The Morgan fingerprint density at radius 1 is 1.75 bits per heavy atom. The second-order valence-electron chi connectivity index (χ2n) is 1.17. The summed E-state index contributed by atoms with van der Waals surface area (Å²) < 4.78 is 0. The molecule has 0 spiro atoms. The van der Waals surface area contributed by atoms with Crippen LogP contribution in [0.1, 0.15) is 6.92 Å². The first-order chi connectivity index (χ1) is 3.81. The Morgan fingerprint density at radius 2 is 2.38 bits per heavy atom. The predicted molar refractivity (Wildman–Crippen MR) is 36.4 cm³/mol. The van der Waals surface area contributed by atoms with Gasteiger partial charge >= 0.3 is 0 Å². The standard InChI is InChI=1S/C4H10N2OS/c1-3-5-4(8)6-7-2/h3H2,1-2H3,(H2,5,6,8). The first-order valence-electron chi connectivity index (χ1n) is 2.38. The molecule has 0 saturated heterocycles. The summed E-state index contributed by atoms with van der Waals surface area (Å²) in [6, 6.07) is 0. The molecule has 0 unspecified atom stereocenters. The van der Waals surface area contributed by atoms with Gasteiger partial charge in [0.1, 0.15) is 0 Å². The van der Waals surface area contributed by atoms with Crippen LogP contribution < -0.4 is 10.8 Å². The largest absolute Gasteiger partial charge is 0.361 e. The molecular formula is C4H10N2OS. The van der Waals surface area contributed by atoms with Gasteiger partial charge in [0, 0.05) is 6.54 Å². The minimum Gasteiger partial charge on any atom is -0.361 e. The van der Waals surface area contributed by atoms with Crippen LogP contribution in [0.15, 0.2) is 0 Å². The van der Waals surface area contributed by atoms with Gasteiger partial charge in [-0.3, -0.25) is 4.84 Å². The van der Waals surface area contributed by atoms with Crippen molar-refractivity contribution in [1.29, 1.82) is 0 Å². The van der Waals surface area contributed by atoms with Gasteiger partial charge in [0.2, 0.25) is 0 Å². The molecule has 0 rings (SSSR count). The maximum Gasteiger partial charge on any atom is 0.190 e. The van der Waals surface area contributed by atoms with Crippen molar-refractivity contribution in [3.63, 3.8) is 0 Å². The topological polar surface area (TPSA) is 33.3 Å². The smallest absolute Gasteiger partial charge is 0.190 e. The highest BCUT2D eigenvalue weighted by atomic mass is 32.1. The van der Waals surface area contributed by atoms with Crippen molar-refractivity contribution in [3.8, 4) is 0 Å². The van der Waals surface area contributed by atoms with E-state index in [0.29, 0.717) is 5.11 Å². The summed E-state index contributed by atoms with van der Waals surface area (Å²) in [7, 11) is 1.52. The van der Waals surface area contributed by atoms with E-state index in [0.717, 1.165) is 6.54 Å². The first-order valence-corrected chi connectivity index (χ1v) is 2.79. The summed E-state index contributed by atoms with van der Waals surface area (Å²) in [5, 5.41) is 3.36. The second-order valence-corrected chi connectivity index (χ2v) is 1.57. The summed E-state index contributed by atoms with van der Waals surface area (Å²) in [5.41, 5.74) is 2.47. The van der Waals surface area contributed by atoms with Crippen LogP contribution in [0, 0.1) is 0 Å². The lowest BCUT2D eigenvalue weighted by Gasteiger charge is -2.03. The van der Waals surface area contributed by atoms with Crippen LogP contribution in [0.25, 0.3) is 0 Å². The lowest BCUT2D eigenvalue weighted by Crippen LogP contribution is -2.33. The average Bonchev–Trinajstić information content (AvgIpc) is 1.68. The van der Waals surface area contributed by atoms with E-state index in [1.165, 1.54) is 7.11 Å². The Bertz CT molecular complexity index is 68.4. The molecule has 2 N–H and O–H groups in total. The number of hydrogen-bond acceptors (Lipinski definition) is 2. The molecule has 0 bridgehead atoms. The third kappa shape index (κ3) is 3.83. The monoisotopic (exact) mass is 134 g/mol. The molecule has 0 aromatic rings. The molecule has 3 nitrogen and oxygen atoms in total. The van der Waals surface area contributed by atoms with E-state index >= 15 is 0 Å². The number of hydrogen-bond donors (Lipinski definition) is 2. The maximum atomic E-state index is 4.71. The van der Waals surface area contributed by atoms with E-state index in [4.69, 9.17) is 12.2 Å². The summed E-state index contributed by atoms with van der Waals surface area (Å²) in [6.07, 6.45) is 0. The minimum absolute atomic E-state index is 0.523. The zero-order valence-electron chi connectivity index (χ0n) is 5.02. The quantitative estimate of drug-likeness (QED) is 0.412. The lowest BCUT2D eigenvalue weighted by atomic mass is 10.8. The molecule has 0 aromatic heterocycles. The molecule has 0 aliphatic carbocycles. The van der Waals surface area contributed by atoms with E-state index < -0.39 is 0 Å². The van der Waals surface area contributed by atoms with Crippen LogP contribution in [0.5, 0.6) is 0 Å². The fraction of sp³-hybridized carbons (Fsp3) is 0.750. The van der Waals surface area contributed by atoms with Crippen molar-refractivity contribution in [2.45, 2.75) is 6.92 Å². The van der Waals surface area contributed by atoms with Crippen molar-refractivity contribution in [1.82, 2.24) is 10.8 Å². The number of thiocarbonyl (C=S) groups is 1. The molecular weight excluding hydrogens is 124 g/mol. The van der Waals surface area contributed by atoms with Gasteiger partial charge in [-0.05, 0) is 19.1 Å². The predicted octanol–water partition coefficient (Wildman–Crippen LogP) is 0.0318. The van der Waals surface area contributed by atoms with Crippen molar-refractivity contribution < 1.29 is 4.84 Å². The van der Waals surface area contributed by atoms with Gasteiger partial charge < -0.3 is 5.32 Å². The van der Waals surface area contributed by atoms with Gasteiger partial charge in [-0.25, -0.2) is 5.48 Å². The molecule has 8 heavy (non-hydrogen) atoms. The third-order valence-electron chi connectivity index (χ3n) is 0.532. The van der Waals surface area contributed by atoms with Crippen molar-refractivity contribution >= 4 is 17.3 Å². The first kappa shape index (κ1) is 7.65. The molecule has 48 valence electrons. The maximum absolute atomic E-state index is 4.71. The van der Waals surface area contributed by atoms with Crippen LogP contribution in [-0.2, 0) is 4.84 Å². The highest BCUT2D eigenvalue weighted by molar-refractivity contribution is 7.80. The van der Waals surface area contributed by atoms with Gasteiger partial charge in [0.05, 0.1) is 7.11 Å². The fourth-order valence-corrected chi connectivity index (χ4v) is 0.517. The number of hydroxylamine groups is 1. The van der Waals surface area contributed by atoms with Gasteiger partial charge in [0.25, 0.3) is 0 Å². The van der Waals surface area contributed by atoms with Crippen molar-refractivity contribution in [2.75, 3.05) is 13.7 Å². The minimum atomic E-state index is 0.523. The fourth-order valence-electron chi connectivity index (χ4n) is 0.289. The molecule has 0 saturated carbocycles. The summed E-state index contributed by atoms with van der Waals surface area (Å²) in [6.45, 7) is 2.78. The zero-order chi connectivity index (χ0) is 6.41.